The molecule has 0 radical (unpaired) electrons. The summed E-state index contributed by atoms with van der Waals surface area (Å²) in [6.45, 7) is 7.06. The van der Waals surface area contributed by atoms with Crippen molar-refractivity contribution in [1.82, 2.24) is 4.90 Å². The third-order valence-corrected chi connectivity index (χ3v) is 4.09. The summed E-state index contributed by atoms with van der Waals surface area (Å²) in [4.78, 5) is 2.51. The highest BCUT2D eigenvalue weighted by molar-refractivity contribution is 4.89. The minimum atomic E-state index is -0.497. The minimum absolute atomic E-state index is 0.497. The molecule has 0 spiro atoms. The summed E-state index contributed by atoms with van der Waals surface area (Å²) in [5.41, 5.74) is 0. The van der Waals surface area contributed by atoms with Gasteiger partial charge < -0.3 is 4.90 Å². The molecule has 0 N–H and O–H groups in total. The summed E-state index contributed by atoms with van der Waals surface area (Å²) in [6.07, 6.45) is 3.75. The Labute approximate surface area is 86.7 Å². The maximum atomic E-state index is 12.7. The van der Waals surface area contributed by atoms with E-state index in [0.717, 1.165) is 24.7 Å². The highest BCUT2D eigenvalue weighted by Crippen LogP contribution is 2.32. The van der Waals surface area contributed by atoms with Crippen LogP contribution in [0.15, 0.2) is 0 Å². The van der Waals surface area contributed by atoms with Crippen LogP contribution in [-0.2, 0) is 0 Å². The number of nitrogens with zero attached hydrogens (tertiary/aromatic N) is 1. The zero-order valence-corrected chi connectivity index (χ0v) is 9.38. The van der Waals surface area contributed by atoms with Crippen LogP contribution in [0.5, 0.6) is 0 Å². The van der Waals surface area contributed by atoms with Gasteiger partial charge in [-0.15, -0.1) is 0 Å². The highest BCUT2D eigenvalue weighted by atomic mass is 19.1. The molecule has 1 aliphatic heterocycles. The van der Waals surface area contributed by atoms with Crippen LogP contribution in [0.4, 0.5) is 4.39 Å². The fourth-order valence-electron chi connectivity index (χ4n) is 2.77. The first-order chi connectivity index (χ1) is 6.66. The van der Waals surface area contributed by atoms with Gasteiger partial charge in [0.15, 0.2) is 0 Å². The number of rotatable bonds is 2. The lowest BCUT2D eigenvalue weighted by Crippen LogP contribution is -2.49. The van der Waals surface area contributed by atoms with E-state index in [9.17, 15) is 4.39 Å². The average Bonchev–Trinajstić information content (AvgIpc) is 2.13. The van der Waals surface area contributed by atoms with Gasteiger partial charge in [-0.2, -0.15) is 0 Å². The summed E-state index contributed by atoms with van der Waals surface area (Å²) in [6, 6.07) is 0.582. The Morgan fingerprint density at radius 2 is 1.71 bits per heavy atom. The highest BCUT2D eigenvalue weighted by Gasteiger charge is 2.35. The molecule has 0 atom stereocenters. The molecule has 82 valence electrons. The zero-order chi connectivity index (χ0) is 10.1. The summed E-state index contributed by atoms with van der Waals surface area (Å²) in [7, 11) is 0. The third kappa shape index (κ3) is 2.10. The van der Waals surface area contributed by atoms with E-state index in [1.54, 1.807) is 0 Å². The predicted octanol–water partition coefficient (Wildman–Crippen LogP) is 2.85. The van der Waals surface area contributed by atoms with Gasteiger partial charge in [0.05, 0.1) is 0 Å². The summed E-state index contributed by atoms with van der Waals surface area (Å²) < 4.78 is 12.7. The largest absolute Gasteiger partial charge is 0.300 e. The summed E-state index contributed by atoms with van der Waals surface area (Å²) in [5.74, 6) is 1.74. The van der Waals surface area contributed by atoms with E-state index in [2.05, 4.69) is 18.7 Å². The SMILES string of the molecule is CC(C)C1CCN(C2CC(F)C2)CC1. The first kappa shape index (κ1) is 10.4. The van der Waals surface area contributed by atoms with Gasteiger partial charge in [-0.25, -0.2) is 4.39 Å². The van der Waals surface area contributed by atoms with Crippen LogP contribution in [0.25, 0.3) is 0 Å². The molecule has 1 saturated heterocycles. The number of hydrogen-bond acceptors (Lipinski definition) is 1. The Hall–Kier alpha value is -0.110. The lowest BCUT2D eigenvalue weighted by atomic mass is 9.83. The fraction of sp³-hybridized carbons (Fsp3) is 1.00. The molecule has 0 aromatic rings. The Morgan fingerprint density at radius 1 is 1.14 bits per heavy atom. The molecule has 14 heavy (non-hydrogen) atoms. The Balaban J connectivity index is 1.73. The van der Waals surface area contributed by atoms with Crippen molar-refractivity contribution < 1.29 is 4.39 Å². The van der Waals surface area contributed by atoms with Crippen LogP contribution in [0.2, 0.25) is 0 Å². The smallest absolute Gasteiger partial charge is 0.103 e. The molecule has 2 heteroatoms. The molecule has 1 aliphatic carbocycles. The van der Waals surface area contributed by atoms with Crippen LogP contribution in [0, 0.1) is 11.8 Å². The first-order valence-corrected chi connectivity index (χ1v) is 6.05. The maximum absolute atomic E-state index is 12.7. The van der Waals surface area contributed by atoms with Gasteiger partial charge in [0.25, 0.3) is 0 Å². The van der Waals surface area contributed by atoms with Crippen molar-refractivity contribution in [2.45, 2.75) is 51.7 Å². The Kier molecular flexibility index (Phi) is 3.10. The van der Waals surface area contributed by atoms with Crippen molar-refractivity contribution in [2.24, 2.45) is 11.8 Å². The second kappa shape index (κ2) is 4.18. The summed E-state index contributed by atoms with van der Waals surface area (Å²) >= 11 is 0. The second-order valence-corrected chi connectivity index (χ2v) is 5.34. The van der Waals surface area contributed by atoms with Crippen molar-refractivity contribution in [3.63, 3.8) is 0 Å². The molecule has 1 nitrogen and oxygen atoms in total. The second-order valence-electron chi connectivity index (χ2n) is 5.34. The van der Waals surface area contributed by atoms with E-state index in [0.29, 0.717) is 6.04 Å². The quantitative estimate of drug-likeness (QED) is 0.661. The zero-order valence-electron chi connectivity index (χ0n) is 9.38. The predicted molar refractivity (Wildman–Crippen MR) is 57.1 cm³/mol. The molecule has 2 aliphatic rings. The first-order valence-electron chi connectivity index (χ1n) is 6.05. The van der Waals surface area contributed by atoms with Gasteiger partial charge in [0, 0.05) is 6.04 Å². The van der Waals surface area contributed by atoms with Crippen molar-refractivity contribution in [2.75, 3.05) is 13.1 Å². The van der Waals surface area contributed by atoms with Gasteiger partial charge in [-0.05, 0) is 50.6 Å². The molecule has 0 aromatic heterocycles. The molecule has 1 saturated carbocycles. The number of halogens is 1. The van der Waals surface area contributed by atoms with Gasteiger partial charge >= 0.3 is 0 Å². The third-order valence-electron chi connectivity index (χ3n) is 4.09. The van der Waals surface area contributed by atoms with Crippen molar-refractivity contribution in [3.8, 4) is 0 Å². The lowest BCUT2D eigenvalue weighted by Gasteiger charge is -2.43. The molecule has 0 amide bonds. The number of hydrogen-bond donors (Lipinski definition) is 0. The lowest BCUT2D eigenvalue weighted by molar-refractivity contribution is 0.0257. The minimum Gasteiger partial charge on any atom is -0.300 e. The molecule has 0 bridgehead atoms. The molecule has 1 heterocycles. The van der Waals surface area contributed by atoms with E-state index >= 15 is 0 Å². The Bertz CT molecular complexity index is 179. The summed E-state index contributed by atoms with van der Waals surface area (Å²) in [5, 5.41) is 0. The normalized spacial score (nSPS) is 36.0. The number of piperidine rings is 1. The van der Waals surface area contributed by atoms with Gasteiger partial charge in [-0.3, -0.25) is 0 Å². The van der Waals surface area contributed by atoms with Gasteiger partial charge in [0.2, 0.25) is 0 Å². The van der Waals surface area contributed by atoms with Crippen molar-refractivity contribution >= 4 is 0 Å². The van der Waals surface area contributed by atoms with Crippen LogP contribution in [0.3, 0.4) is 0 Å². The van der Waals surface area contributed by atoms with Gasteiger partial charge in [0.1, 0.15) is 6.17 Å². The topological polar surface area (TPSA) is 3.24 Å². The molecule has 0 unspecified atom stereocenters. The fourth-order valence-corrected chi connectivity index (χ4v) is 2.77. The van der Waals surface area contributed by atoms with E-state index < -0.39 is 6.17 Å². The van der Waals surface area contributed by atoms with Crippen molar-refractivity contribution in [1.29, 1.82) is 0 Å². The molecular weight excluding hydrogens is 177 g/mol. The molecule has 2 fully saturated rings. The van der Waals surface area contributed by atoms with E-state index in [-0.39, 0.29) is 0 Å². The van der Waals surface area contributed by atoms with Gasteiger partial charge in [-0.1, -0.05) is 13.8 Å². The van der Waals surface area contributed by atoms with E-state index in [4.69, 9.17) is 0 Å². The van der Waals surface area contributed by atoms with Crippen LogP contribution < -0.4 is 0 Å². The monoisotopic (exact) mass is 199 g/mol. The van der Waals surface area contributed by atoms with Crippen LogP contribution in [-0.4, -0.2) is 30.2 Å². The maximum Gasteiger partial charge on any atom is 0.103 e. The Morgan fingerprint density at radius 3 is 2.14 bits per heavy atom. The number of likely N-dealkylation sites (tertiary alicyclic amines) is 1. The van der Waals surface area contributed by atoms with Crippen LogP contribution >= 0.6 is 0 Å². The number of alkyl halides is 1. The van der Waals surface area contributed by atoms with E-state index in [1.807, 2.05) is 0 Å². The van der Waals surface area contributed by atoms with Crippen molar-refractivity contribution in [3.05, 3.63) is 0 Å². The standard InChI is InChI=1S/C12H22FN/c1-9(2)10-3-5-14(6-4-10)12-7-11(13)8-12/h9-12H,3-8H2,1-2H3. The molecule has 2 rings (SSSR count). The average molecular weight is 199 g/mol. The molecule has 0 aromatic carbocycles. The van der Waals surface area contributed by atoms with Crippen LogP contribution in [0.1, 0.15) is 39.5 Å². The molecular formula is C12H22FN. The van der Waals surface area contributed by atoms with E-state index in [1.165, 1.54) is 25.9 Å².